The molecule has 1 fully saturated rings. The van der Waals surface area contributed by atoms with E-state index in [-0.39, 0.29) is 22.7 Å². The molecule has 21 heavy (non-hydrogen) atoms. The molecule has 1 heterocycles. The number of rotatable bonds is 4. The second-order valence-corrected chi connectivity index (χ2v) is 5.33. The number of carbonyl (C=O) groups is 1. The van der Waals surface area contributed by atoms with Gasteiger partial charge in [-0.3, -0.25) is 4.79 Å². The molecule has 1 aliphatic carbocycles. The van der Waals surface area contributed by atoms with Crippen LogP contribution < -0.4 is 5.32 Å². The lowest BCUT2D eigenvalue weighted by molar-refractivity contribution is 0.0939. The molecule has 0 aliphatic heterocycles. The maximum atomic E-state index is 12.2. The largest absolute Gasteiger partial charge is 0.505 e. The van der Waals surface area contributed by atoms with Crippen molar-refractivity contribution in [2.24, 2.45) is 5.92 Å². The number of aromatic nitrogens is 1. The van der Waals surface area contributed by atoms with Crippen LogP contribution in [-0.4, -0.2) is 27.6 Å². The molecule has 0 spiro atoms. The molecule has 0 bridgehead atoms. The zero-order valence-corrected chi connectivity index (χ0v) is 11.8. The van der Waals surface area contributed by atoms with Crippen molar-refractivity contribution >= 4 is 5.91 Å². The molecule has 0 radical (unpaired) electrons. The summed E-state index contributed by atoms with van der Waals surface area (Å²) < 4.78 is 0. The zero-order valence-electron chi connectivity index (χ0n) is 11.8. The average Bonchev–Trinajstić information content (AvgIpc) is 2.53. The Morgan fingerprint density at radius 1 is 1.43 bits per heavy atom. The number of nitriles is 1. The number of amides is 1. The van der Waals surface area contributed by atoms with E-state index in [1.165, 1.54) is 25.5 Å². The van der Waals surface area contributed by atoms with Gasteiger partial charge in [0.15, 0.2) is 11.4 Å². The summed E-state index contributed by atoms with van der Waals surface area (Å²) >= 11 is 0. The average molecular weight is 289 g/mol. The van der Waals surface area contributed by atoms with E-state index in [9.17, 15) is 15.0 Å². The molecule has 2 rings (SSSR count). The molecule has 0 aromatic carbocycles. The number of aliphatic hydroxyl groups is 1. The smallest absolute Gasteiger partial charge is 0.253 e. The number of hydrogen-bond donors (Lipinski definition) is 3. The van der Waals surface area contributed by atoms with Crippen molar-refractivity contribution in [1.29, 1.82) is 5.26 Å². The Morgan fingerprint density at radius 2 is 2.14 bits per heavy atom. The van der Waals surface area contributed by atoms with Gasteiger partial charge in [-0.2, -0.15) is 5.26 Å². The van der Waals surface area contributed by atoms with Crippen LogP contribution >= 0.6 is 0 Å². The van der Waals surface area contributed by atoms with Crippen LogP contribution in [0.2, 0.25) is 0 Å². The maximum Gasteiger partial charge on any atom is 0.253 e. The third-order valence-corrected chi connectivity index (χ3v) is 3.94. The third kappa shape index (κ3) is 3.50. The van der Waals surface area contributed by atoms with E-state index < -0.39 is 12.4 Å². The van der Waals surface area contributed by atoms with Crippen molar-refractivity contribution in [3.8, 4) is 11.8 Å². The topological polar surface area (TPSA) is 106 Å². The lowest BCUT2D eigenvalue weighted by Crippen LogP contribution is -2.31. The molecule has 0 saturated heterocycles. The molecule has 6 heteroatoms. The molecule has 1 saturated carbocycles. The van der Waals surface area contributed by atoms with Crippen molar-refractivity contribution in [3.63, 3.8) is 0 Å². The SMILES string of the molecule is N#Cc1ncc(C(=O)NCC2CCCCC2)c(CO)c1O. The minimum absolute atomic E-state index is 0.0442. The molecule has 1 aliphatic rings. The van der Waals surface area contributed by atoms with Crippen LogP contribution in [0.25, 0.3) is 0 Å². The molecule has 1 amide bonds. The van der Waals surface area contributed by atoms with Gasteiger partial charge in [-0.15, -0.1) is 0 Å². The van der Waals surface area contributed by atoms with Crippen molar-refractivity contribution in [1.82, 2.24) is 10.3 Å². The predicted octanol–water partition coefficient (Wildman–Crippen LogP) is 1.46. The molecule has 3 N–H and O–H groups in total. The summed E-state index contributed by atoms with van der Waals surface area (Å²) in [5, 5.41) is 30.7. The first-order valence-corrected chi connectivity index (χ1v) is 7.17. The highest BCUT2D eigenvalue weighted by atomic mass is 16.3. The third-order valence-electron chi connectivity index (χ3n) is 3.94. The Bertz CT molecular complexity index is 560. The molecular weight excluding hydrogens is 270 g/mol. The highest BCUT2D eigenvalue weighted by Gasteiger charge is 2.20. The van der Waals surface area contributed by atoms with Gasteiger partial charge in [0.1, 0.15) is 6.07 Å². The number of aromatic hydroxyl groups is 1. The van der Waals surface area contributed by atoms with Gasteiger partial charge in [0.25, 0.3) is 5.91 Å². The van der Waals surface area contributed by atoms with Crippen molar-refractivity contribution in [3.05, 3.63) is 23.0 Å². The highest BCUT2D eigenvalue weighted by Crippen LogP contribution is 2.25. The summed E-state index contributed by atoms with van der Waals surface area (Å²) in [4.78, 5) is 15.9. The van der Waals surface area contributed by atoms with Gasteiger partial charge in [0, 0.05) is 18.3 Å². The fraction of sp³-hybridized carbons (Fsp3) is 0.533. The highest BCUT2D eigenvalue weighted by molar-refractivity contribution is 5.96. The Hall–Kier alpha value is -2.13. The van der Waals surface area contributed by atoms with Crippen molar-refractivity contribution in [2.75, 3.05) is 6.54 Å². The number of aliphatic hydroxyl groups excluding tert-OH is 1. The van der Waals surface area contributed by atoms with Crippen LogP contribution in [0, 0.1) is 17.2 Å². The first-order valence-electron chi connectivity index (χ1n) is 7.17. The second-order valence-electron chi connectivity index (χ2n) is 5.33. The summed E-state index contributed by atoms with van der Waals surface area (Å²) in [7, 11) is 0. The molecular formula is C15H19N3O3. The summed E-state index contributed by atoms with van der Waals surface area (Å²) in [6.07, 6.45) is 7.10. The number of hydrogen-bond acceptors (Lipinski definition) is 5. The van der Waals surface area contributed by atoms with Gasteiger partial charge >= 0.3 is 0 Å². The van der Waals surface area contributed by atoms with Crippen molar-refractivity contribution in [2.45, 2.75) is 38.7 Å². The van der Waals surface area contributed by atoms with E-state index in [4.69, 9.17) is 5.26 Å². The van der Waals surface area contributed by atoms with Gasteiger partial charge in [0.05, 0.1) is 12.2 Å². The fourth-order valence-corrected chi connectivity index (χ4v) is 2.70. The summed E-state index contributed by atoms with van der Waals surface area (Å²) in [5.74, 6) is -0.317. The second kappa shape index (κ2) is 7.04. The monoisotopic (exact) mass is 289 g/mol. The summed E-state index contributed by atoms with van der Waals surface area (Å²) in [6.45, 7) is 0.0691. The Labute approximate surface area is 123 Å². The van der Waals surface area contributed by atoms with E-state index in [2.05, 4.69) is 10.3 Å². The lowest BCUT2D eigenvalue weighted by atomic mass is 9.89. The lowest BCUT2D eigenvalue weighted by Gasteiger charge is -2.22. The van der Waals surface area contributed by atoms with Gasteiger partial charge in [-0.1, -0.05) is 19.3 Å². The van der Waals surface area contributed by atoms with Gasteiger partial charge in [-0.05, 0) is 18.8 Å². The van der Waals surface area contributed by atoms with Crippen molar-refractivity contribution < 1.29 is 15.0 Å². The molecule has 112 valence electrons. The van der Waals surface area contributed by atoms with Gasteiger partial charge in [-0.25, -0.2) is 4.98 Å². The Morgan fingerprint density at radius 3 is 2.76 bits per heavy atom. The minimum atomic E-state index is -0.519. The normalized spacial score (nSPS) is 15.4. The molecule has 6 nitrogen and oxygen atoms in total. The van der Waals surface area contributed by atoms with Gasteiger partial charge in [0.2, 0.25) is 0 Å². The van der Waals surface area contributed by atoms with Crippen LogP contribution in [0.1, 0.15) is 53.7 Å². The van der Waals surface area contributed by atoms with Crippen LogP contribution in [0.5, 0.6) is 5.75 Å². The minimum Gasteiger partial charge on any atom is -0.505 e. The first-order chi connectivity index (χ1) is 10.2. The van der Waals surface area contributed by atoms with Crippen LogP contribution in [-0.2, 0) is 6.61 Å². The standard InChI is InChI=1S/C15H19N3O3/c16-6-13-14(20)12(9-19)11(8-17-13)15(21)18-7-10-4-2-1-3-5-10/h8,10,19-20H,1-5,7,9H2,(H,18,21). The molecule has 1 aromatic rings. The Balaban J connectivity index is 2.08. The molecule has 0 unspecified atom stereocenters. The van der Waals surface area contributed by atoms with E-state index in [0.717, 1.165) is 12.8 Å². The summed E-state index contributed by atoms with van der Waals surface area (Å²) in [6, 6.07) is 1.72. The number of nitrogens with one attached hydrogen (secondary N) is 1. The Kier molecular flexibility index (Phi) is 5.12. The molecule has 1 aromatic heterocycles. The summed E-state index contributed by atoms with van der Waals surface area (Å²) in [5.41, 5.74) is -0.0321. The van der Waals surface area contributed by atoms with Crippen LogP contribution in [0.3, 0.4) is 0 Å². The van der Waals surface area contributed by atoms with E-state index >= 15 is 0 Å². The molecule has 0 atom stereocenters. The quantitative estimate of drug-likeness (QED) is 0.778. The van der Waals surface area contributed by atoms with E-state index in [1.54, 1.807) is 6.07 Å². The number of nitrogens with zero attached hydrogens (tertiary/aromatic N) is 2. The number of pyridine rings is 1. The van der Waals surface area contributed by atoms with E-state index in [0.29, 0.717) is 12.5 Å². The first kappa shape index (κ1) is 15.3. The number of carbonyl (C=O) groups excluding carboxylic acids is 1. The van der Waals surface area contributed by atoms with Crippen LogP contribution in [0.4, 0.5) is 0 Å². The maximum absolute atomic E-state index is 12.2. The van der Waals surface area contributed by atoms with Crippen LogP contribution in [0.15, 0.2) is 6.20 Å². The van der Waals surface area contributed by atoms with Gasteiger partial charge < -0.3 is 15.5 Å². The fourth-order valence-electron chi connectivity index (χ4n) is 2.70. The van der Waals surface area contributed by atoms with E-state index in [1.807, 2.05) is 0 Å². The predicted molar refractivity (Wildman–Crippen MR) is 75.4 cm³/mol. The zero-order chi connectivity index (χ0) is 15.2.